The fourth-order valence-corrected chi connectivity index (χ4v) is 3.63. The lowest BCUT2D eigenvalue weighted by Gasteiger charge is -2.19. The zero-order valence-corrected chi connectivity index (χ0v) is 14.9. The van der Waals surface area contributed by atoms with Crippen molar-refractivity contribution < 1.29 is 18.0 Å². The third-order valence-electron chi connectivity index (χ3n) is 4.02. The van der Waals surface area contributed by atoms with E-state index in [1.165, 1.54) is 18.2 Å². The lowest BCUT2D eigenvalue weighted by molar-refractivity contribution is 0.0879. The number of carbonyl (C=O) groups is 2. The van der Waals surface area contributed by atoms with Gasteiger partial charge in [0, 0.05) is 5.69 Å². The second kappa shape index (κ2) is 5.70. The molecule has 0 bridgehead atoms. The van der Waals surface area contributed by atoms with Crippen molar-refractivity contribution in [2.45, 2.75) is 31.1 Å². The van der Waals surface area contributed by atoms with E-state index in [1.807, 2.05) is 20.8 Å². The molecule has 2 aromatic rings. The van der Waals surface area contributed by atoms with E-state index < -0.39 is 21.8 Å². The van der Waals surface area contributed by atoms with Crippen molar-refractivity contribution in [2.75, 3.05) is 4.72 Å². The molecule has 0 aromatic heterocycles. The molecule has 3 rings (SSSR count). The van der Waals surface area contributed by atoms with Crippen LogP contribution in [0, 0.1) is 0 Å². The standard InChI is InChI=1S/C18H18N2O4S/c1-18(2,3)11-4-7-13(8-5-11)25(23,24)20-12-6-9-14-15(10-12)17(22)19-16(14)21/h4-10,20H,1-3H3,(H,19,21,22). The summed E-state index contributed by atoms with van der Waals surface area (Å²) in [5.74, 6) is -1.01. The van der Waals surface area contributed by atoms with E-state index in [-0.39, 0.29) is 27.1 Å². The molecule has 0 aliphatic carbocycles. The van der Waals surface area contributed by atoms with E-state index in [0.717, 1.165) is 5.56 Å². The van der Waals surface area contributed by atoms with Crippen LogP contribution < -0.4 is 10.0 Å². The molecule has 0 radical (unpaired) electrons. The number of carbonyl (C=O) groups excluding carboxylic acids is 2. The summed E-state index contributed by atoms with van der Waals surface area (Å²) < 4.78 is 27.5. The maximum absolute atomic E-state index is 12.5. The number of sulfonamides is 1. The third kappa shape index (κ3) is 3.28. The average Bonchev–Trinajstić information content (AvgIpc) is 2.80. The second-order valence-corrected chi connectivity index (χ2v) is 8.61. The van der Waals surface area contributed by atoms with E-state index in [1.54, 1.807) is 24.3 Å². The summed E-state index contributed by atoms with van der Waals surface area (Å²) >= 11 is 0. The number of imide groups is 1. The number of anilines is 1. The van der Waals surface area contributed by atoms with Crippen LogP contribution in [0.25, 0.3) is 0 Å². The van der Waals surface area contributed by atoms with Crippen LogP contribution in [0.15, 0.2) is 47.4 Å². The first kappa shape index (κ1) is 17.2. The van der Waals surface area contributed by atoms with Crippen LogP contribution in [0.4, 0.5) is 5.69 Å². The number of benzene rings is 2. The van der Waals surface area contributed by atoms with Gasteiger partial charge in [0.15, 0.2) is 0 Å². The maximum atomic E-state index is 12.5. The summed E-state index contributed by atoms with van der Waals surface area (Å²) in [6.07, 6.45) is 0. The maximum Gasteiger partial charge on any atom is 0.261 e. The fraction of sp³-hybridized carbons (Fsp3) is 0.222. The van der Waals surface area contributed by atoms with Gasteiger partial charge in [-0.1, -0.05) is 32.9 Å². The Bertz CT molecular complexity index is 971. The lowest BCUT2D eigenvalue weighted by Crippen LogP contribution is -2.19. The number of fused-ring (bicyclic) bond motifs is 1. The first-order chi connectivity index (χ1) is 11.6. The molecule has 0 atom stereocenters. The summed E-state index contributed by atoms with van der Waals surface area (Å²) in [6.45, 7) is 6.14. The predicted molar refractivity (Wildman–Crippen MR) is 94.2 cm³/mol. The van der Waals surface area contributed by atoms with Crippen molar-refractivity contribution in [3.8, 4) is 0 Å². The minimum Gasteiger partial charge on any atom is -0.288 e. The molecule has 0 unspecified atom stereocenters. The minimum absolute atomic E-state index is 0.0738. The molecule has 6 nitrogen and oxygen atoms in total. The van der Waals surface area contributed by atoms with Gasteiger partial charge in [0.05, 0.1) is 16.0 Å². The first-order valence-electron chi connectivity index (χ1n) is 7.71. The molecule has 130 valence electrons. The Hall–Kier alpha value is -2.67. The van der Waals surface area contributed by atoms with Gasteiger partial charge in [-0.05, 0) is 41.3 Å². The normalized spacial score (nSPS) is 14.2. The SMILES string of the molecule is CC(C)(C)c1ccc(S(=O)(=O)Nc2ccc3c(c2)C(=O)NC3=O)cc1. The van der Waals surface area contributed by atoms with Gasteiger partial charge in [-0.2, -0.15) is 0 Å². The average molecular weight is 358 g/mol. The number of nitrogens with one attached hydrogen (secondary N) is 2. The molecular weight excluding hydrogens is 340 g/mol. The largest absolute Gasteiger partial charge is 0.288 e. The molecule has 0 spiro atoms. The molecule has 2 N–H and O–H groups in total. The van der Waals surface area contributed by atoms with Crippen LogP contribution in [0.2, 0.25) is 0 Å². The Morgan fingerprint density at radius 3 is 2.08 bits per heavy atom. The molecule has 1 aliphatic heterocycles. The van der Waals surface area contributed by atoms with Crippen LogP contribution in [-0.2, 0) is 15.4 Å². The molecule has 0 saturated heterocycles. The van der Waals surface area contributed by atoms with Gasteiger partial charge in [0.25, 0.3) is 21.8 Å². The molecule has 0 saturated carbocycles. The van der Waals surface area contributed by atoms with E-state index in [4.69, 9.17) is 0 Å². The first-order valence-corrected chi connectivity index (χ1v) is 9.19. The predicted octanol–water partition coefficient (Wildman–Crippen LogP) is 2.67. The van der Waals surface area contributed by atoms with E-state index in [9.17, 15) is 18.0 Å². The van der Waals surface area contributed by atoms with Gasteiger partial charge in [-0.25, -0.2) is 8.42 Å². The number of hydrogen-bond donors (Lipinski definition) is 2. The molecule has 7 heteroatoms. The number of amides is 2. The highest BCUT2D eigenvalue weighted by molar-refractivity contribution is 7.92. The zero-order chi connectivity index (χ0) is 18.4. The van der Waals surface area contributed by atoms with Crippen LogP contribution in [-0.4, -0.2) is 20.2 Å². The molecule has 2 amide bonds. The smallest absolute Gasteiger partial charge is 0.261 e. The number of hydrogen-bond acceptors (Lipinski definition) is 4. The van der Waals surface area contributed by atoms with Gasteiger partial charge in [0.2, 0.25) is 0 Å². The summed E-state index contributed by atoms with van der Waals surface area (Å²) in [5, 5.41) is 2.17. The van der Waals surface area contributed by atoms with Gasteiger partial charge in [-0.15, -0.1) is 0 Å². The Kier molecular flexibility index (Phi) is 3.91. The molecule has 25 heavy (non-hydrogen) atoms. The van der Waals surface area contributed by atoms with Crippen LogP contribution >= 0.6 is 0 Å². The van der Waals surface area contributed by atoms with Crippen molar-refractivity contribution in [3.05, 3.63) is 59.2 Å². The van der Waals surface area contributed by atoms with Crippen molar-refractivity contribution in [2.24, 2.45) is 0 Å². The highest BCUT2D eigenvalue weighted by Crippen LogP contribution is 2.25. The van der Waals surface area contributed by atoms with Crippen molar-refractivity contribution in [3.63, 3.8) is 0 Å². The van der Waals surface area contributed by atoms with E-state index in [0.29, 0.717) is 0 Å². The third-order valence-corrected chi connectivity index (χ3v) is 5.42. The second-order valence-electron chi connectivity index (χ2n) is 6.92. The molecule has 0 fully saturated rings. The monoisotopic (exact) mass is 358 g/mol. The lowest BCUT2D eigenvalue weighted by atomic mass is 9.87. The number of rotatable bonds is 3. The van der Waals surface area contributed by atoms with Crippen LogP contribution in [0.1, 0.15) is 47.1 Å². The fourth-order valence-electron chi connectivity index (χ4n) is 2.58. The van der Waals surface area contributed by atoms with E-state index >= 15 is 0 Å². The highest BCUT2D eigenvalue weighted by Gasteiger charge is 2.27. The van der Waals surface area contributed by atoms with Crippen molar-refractivity contribution in [1.29, 1.82) is 0 Å². The van der Waals surface area contributed by atoms with Gasteiger partial charge in [0.1, 0.15) is 0 Å². The Morgan fingerprint density at radius 2 is 1.48 bits per heavy atom. The Morgan fingerprint density at radius 1 is 0.880 bits per heavy atom. The summed E-state index contributed by atoms with van der Waals surface area (Å²) in [5.41, 5.74) is 1.58. The topological polar surface area (TPSA) is 92.3 Å². The Balaban J connectivity index is 1.89. The quantitative estimate of drug-likeness (QED) is 0.825. The van der Waals surface area contributed by atoms with Crippen molar-refractivity contribution in [1.82, 2.24) is 5.32 Å². The summed E-state index contributed by atoms with van der Waals surface area (Å²) in [4.78, 5) is 23.3. The van der Waals surface area contributed by atoms with Gasteiger partial charge in [-0.3, -0.25) is 19.6 Å². The van der Waals surface area contributed by atoms with Gasteiger partial charge >= 0.3 is 0 Å². The highest BCUT2D eigenvalue weighted by atomic mass is 32.2. The Labute approximate surface area is 146 Å². The van der Waals surface area contributed by atoms with E-state index in [2.05, 4.69) is 10.0 Å². The summed E-state index contributed by atoms with van der Waals surface area (Å²) in [6, 6.07) is 10.9. The molecular formula is C18H18N2O4S. The summed E-state index contributed by atoms with van der Waals surface area (Å²) in [7, 11) is -3.79. The van der Waals surface area contributed by atoms with Gasteiger partial charge < -0.3 is 0 Å². The van der Waals surface area contributed by atoms with Crippen LogP contribution in [0.5, 0.6) is 0 Å². The molecule has 1 heterocycles. The molecule has 2 aromatic carbocycles. The van der Waals surface area contributed by atoms with Crippen LogP contribution in [0.3, 0.4) is 0 Å². The molecule has 1 aliphatic rings. The van der Waals surface area contributed by atoms with Crippen molar-refractivity contribution >= 4 is 27.5 Å². The zero-order valence-electron chi connectivity index (χ0n) is 14.1. The minimum atomic E-state index is -3.79.